The highest BCUT2D eigenvalue weighted by molar-refractivity contribution is 6.21. The minimum absolute atomic E-state index is 0.0273. The predicted octanol–water partition coefficient (Wildman–Crippen LogP) is 2.44. The average Bonchev–Trinajstić information content (AvgIpc) is 3.43. The molecule has 3 heterocycles. The number of carbonyl (C=O) groups is 3. The van der Waals surface area contributed by atoms with E-state index in [2.05, 4.69) is 5.10 Å². The van der Waals surface area contributed by atoms with E-state index in [4.69, 9.17) is 0 Å². The zero-order valence-electron chi connectivity index (χ0n) is 16.4. The molecule has 0 radical (unpaired) electrons. The van der Waals surface area contributed by atoms with E-state index in [1.54, 1.807) is 30.5 Å². The fraction of sp³-hybridized carbons (Fsp3) is 0.364. The summed E-state index contributed by atoms with van der Waals surface area (Å²) in [5.74, 6) is -0.270. The molecule has 7 nitrogen and oxygen atoms in total. The lowest BCUT2D eigenvalue weighted by Gasteiger charge is -2.25. The molecule has 1 fully saturated rings. The summed E-state index contributed by atoms with van der Waals surface area (Å²) in [5.41, 5.74) is 2.16. The average molecular weight is 408 g/mol. The summed E-state index contributed by atoms with van der Waals surface area (Å²) >= 11 is 0. The third-order valence-corrected chi connectivity index (χ3v) is 5.91. The number of hydrogen-bond acceptors (Lipinski definition) is 4. The van der Waals surface area contributed by atoms with Crippen LogP contribution in [0.1, 0.15) is 49.6 Å². The standard InChI is InChI=1S/C22H21FN4O3/c23-9-15(12-27-21(29)16-3-1-2-4-17(16)22(27)30)11-26-13-18-19(24-26)7-8-25(20(18)28)10-14-5-6-14/h1-4,9,13-14H,5-8,10-12H2/b15-9-. The molecule has 0 saturated heterocycles. The van der Waals surface area contributed by atoms with Gasteiger partial charge < -0.3 is 4.90 Å². The van der Waals surface area contributed by atoms with Crippen LogP contribution in [0.5, 0.6) is 0 Å². The fourth-order valence-electron chi connectivity index (χ4n) is 4.12. The summed E-state index contributed by atoms with van der Waals surface area (Å²) in [6.45, 7) is 1.35. The van der Waals surface area contributed by atoms with Crippen molar-refractivity contribution in [3.8, 4) is 0 Å². The van der Waals surface area contributed by atoms with Crippen LogP contribution in [-0.2, 0) is 13.0 Å². The van der Waals surface area contributed by atoms with Gasteiger partial charge in [0, 0.05) is 25.7 Å². The van der Waals surface area contributed by atoms with Crippen molar-refractivity contribution >= 4 is 17.7 Å². The minimum Gasteiger partial charge on any atom is -0.338 e. The molecule has 0 spiro atoms. The number of imide groups is 1. The summed E-state index contributed by atoms with van der Waals surface area (Å²) in [7, 11) is 0. The van der Waals surface area contributed by atoms with Crippen molar-refractivity contribution in [2.75, 3.05) is 19.6 Å². The van der Waals surface area contributed by atoms with Gasteiger partial charge in [0.05, 0.1) is 41.8 Å². The topological polar surface area (TPSA) is 75.5 Å². The molecule has 8 heteroatoms. The van der Waals surface area contributed by atoms with Crippen molar-refractivity contribution in [3.05, 3.63) is 64.7 Å². The van der Waals surface area contributed by atoms with Gasteiger partial charge in [-0.15, -0.1) is 0 Å². The van der Waals surface area contributed by atoms with Gasteiger partial charge in [-0.05, 0) is 36.5 Å². The van der Waals surface area contributed by atoms with Gasteiger partial charge in [-0.1, -0.05) is 12.1 Å². The van der Waals surface area contributed by atoms with E-state index in [1.165, 1.54) is 17.5 Å². The number of aromatic nitrogens is 2. The van der Waals surface area contributed by atoms with Crippen molar-refractivity contribution < 1.29 is 18.8 Å². The van der Waals surface area contributed by atoms with E-state index in [-0.39, 0.29) is 24.6 Å². The van der Waals surface area contributed by atoms with Gasteiger partial charge in [0.2, 0.25) is 0 Å². The van der Waals surface area contributed by atoms with Crippen LogP contribution >= 0.6 is 0 Å². The smallest absolute Gasteiger partial charge is 0.261 e. The molecule has 3 aliphatic rings. The normalized spacial score (nSPS) is 18.8. The first-order chi connectivity index (χ1) is 14.5. The minimum atomic E-state index is -0.430. The number of halogens is 1. The number of rotatable bonds is 6. The van der Waals surface area contributed by atoms with Gasteiger partial charge in [0.25, 0.3) is 17.7 Å². The molecule has 3 amide bonds. The Labute approximate surface area is 172 Å². The molecule has 0 N–H and O–H groups in total. The highest BCUT2D eigenvalue weighted by atomic mass is 19.1. The van der Waals surface area contributed by atoms with Crippen LogP contribution < -0.4 is 0 Å². The summed E-state index contributed by atoms with van der Waals surface area (Å²) in [6, 6.07) is 6.57. The van der Waals surface area contributed by atoms with E-state index in [0.29, 0.717) is 47.6 Å². The largest absolute Gasteiger partial charge is 0.338 e. The first-order valence-corrected chi connectivity index (χ1v) is 10.1. The second kappa shape index (κ2) is 7.19. The van der Waals surface area contributed by atoms with Crippen LogP contribution in [-0.4, -0.2) is 56.9 Å². The maximum Gasteiger partial charge on any atom is 0.261 e. The Morgan fingerprint density at radius 1 is 1.03 bits per heavy atom. The number of carbonyl (C=O) groups excluding carboxylic acids is 3. The second-order valence-electron chi connectivity index (χ2n) is 8.14. The van der Waals surface area contributed by atoms with E-state index < -0.39 is 11.8 Å². The van der Waals surface area contributed by atoms with Gasteiger partial charge in [0.1, 0.15) is 0 Å². The molecular weight excluding hydrogens is 387 g/mol. The molecule has 1 aromatic heterocycles. The molecule has 0 atom stereocenters. The fourth-order valence-corrected chi connectivity index (χ4v) is 4.12. The van der Waals surface area contributed by atoms with Gasteiger partial charge in [-0.25, -0.2) is 4.39 Å². The molecule has 0 bridgehead atoms. The second-order valence-corrected chi connectivity index (χ2v) is 8.14. The Kier molecular flexibility index (Phi) is 4.49. The number of nitrogens with zero attached hydrogens (tertiary/aromatic N) is 4. The molecule has 5 rings (SSSR count). The molecule has 30 heavy (non-hydrogen) atoms. The van der Waals surface area contributed by atoms with Crippen molar-refractivity contribution in [1.29, 1.82) is 0 Å². The van der Waals surface area contributed by atoms with Crippen LogP contribution in [0, 0.1) is 5.92 Å². The van der Waals surface area contributed by atoms with E-state index in [0.717, 1.165) is 11.4 Å². The van der Waals surface area contributed by atoms with Gasteiger partial charge in [-0.3, -0.25) is 24.0 Å². The van der Waals surface area contributed by atoms with Gasteiger partial charge in [-0.2, -0.15) is 5.10 Å². The highest BCUT2D eigenvalue weighted by Crippen LogP contribution is 2.31. The van der Waals surface area contributed by atoms with E-state index in [1.807, 2.05) is 4.90 Å². The summed E-state index contributed by atoms with van der Waals surface area (Å²) < 4.78 is 15.1. The van der Waals surface area contributed by atoms with Crippen LogP contribution in [0.25, 0.3) is 0 Å². The molecule has 0 unspecified atom stereocenters. The molecule has 1 saturated carbocycles. The van der Waals surface area contributed by atoms with Crippen LogP contribution in [0.15, 0.2) is 42.4 Å². The number of hydrogen-bond donors (Lipinski definition) is 0. The molecule has 2 aromatic rings. The first-order valence-electron chi connectivity index (χ1n) is 10.1. The Balaban J connectivity index is 1.30. The Hall–Kier alpha value is -3.29. The Morgan fingerprint density at radius 3 is 2.37 bits per heavy atom. The SMILES string of the molecule is O=C1c2cn(C/C(=C/F)CN3C(=O)c4ccccc4C3=O)nc2CCN1CC1CC1. The molecule has 1 aromatic carbocycles. The zero-order valence-corrected chi connectivity index (χ0v) is 16.4. The van der Waals surface area contributed by atoms with Crippen molar-refractivity contribution in [2.24, 2.45) is 5.92 Å². The summed E-state index contributed by atoms with van der Waals surface area (Å²) in [4.78, 5) is 40.7. The maximum absolute atomic E-state index is 13.6. The molecule has 2 aliphatic heterocycles. The van der Waals surface area contributed by atoms with Crippen molar-refractivity contribution in [1.82, 2.24) is 19.6 Å². The lowest BCUT2D eigenvalue weighted by molar-refractivity contribution is 0.0664. The number of benzene rings is 1. The molecule has 154 valence electrons. The van der Waals surface area contributed by atoms with Crippen molar-refractivity contribution in [2.45, 2.75) is 25.8 Å². The lowest BCUT2D eigenvalue weighted by Crippen LogP contribution is -2.38. The van der Waals surface area contributed by atoms with Crippen LogP contribution in [0.2, 0.25) is 0 Å². The third kappa shape index (κ3) is 3.22. The summed E-state index contributed by atoms with van der Waals surface area (Å²) in [5, 5.41) is 4.44. The monoisotopic (exact) mass is 408 g/mol. The molecule has 1 aliphatic carbocycles. The Bertz CT molecular complexity index is 1050. The van der Waals surface area contributed by atoms with Gasteiger partial charge in [0.15, 0.2) is 0 Å². The third-order valence-electron chi connectivity index (χ3n) is 5.91. The zero-order chi connectivity index (χ0) is 20.8. The van der Waals surface area contributed by atoms with E-state index >= 15 is 0 Å². The predicted molar refractivity (Wildman–Crippen MR) is 106 cm³/mol. The quantitative estimate of drug-likeness (QED) is 0.688. The van der Waals surface area contributed by atoms with Gasteiger partial charge >= 0.3 is 0 Å². The Morgan fingerprint density at radius 2 is 1.73 bits per heavy atom. The van der Waals surface area contributed by atoms with Crippen LogP contribution in [0.3, 0.4) is 0 Å². The van der Waals surface area contributed by atoms with Crippen LogP contribution in [0.4, 0.5) is 4.39 Å². The lowest BCUT2D eigenvalue weighted by atomic mass is 10.1. The van der Waals surface area contributed by atoms with E-state index in [9.17, 15) is 18.8 Å². The number of amides is 3. The van der Waals surface area contributed by atoms with Crippen molar-refractivity contribution in [3.63, 3.8) is 0 Å². The number of fused-ring (bicyclic) bond motifs is 2. The first kappa shape index (κ1) is 18.7. The highest BCUT2D eigenvalue weighted by Gasteiger charge is 2.36. The maximum atomic E-state index is 13.6. The molecular formula is C22H21FN4O3. The summed E-state index contributed by atoms with van der Waals surface area (Å²) in [6.07, 6.45) is 5.08.